The van der Waals surface area contributed by atoms with Crippen LogP contribution in [0.3, 0.4) is 0 Å². The van der Waals surface area contributed by atoms with Crippen LogP contribution in [0.25, 0.3) is 0 Å². The monoisotopic (exact) mass is 539 g/mol. The molecule has 0 atom stereocenters. The third kappa shape index (κ3) is 5.66. The lowest BCUT2D eigenvalue weighted by Gasteiger charge is -2.37. The van der Waals surface area contributed by atoms with Gasteiger partial charge in [-0.25, -0.2) is 0 Å². The van der Waals surface area contributed by atoms with Crippen molar-refractivity contribution in [2.45, 2.75) is 25.9 Å². The number of amides is 1. The van der Waals surface area contributed by atoms with Crippen LogP contribution in [0.1, 0.15) is 24.0 Å². The van der Waals surface area contributed by atoms with Crippen LogP contribution < -0.4 is 10.2 Å². The van der Waals surface area contributed by atoms with Crippen LogP contribution in [0.5, 0.6) is 0 Å². The average Bonchev–Trinajstić information content (AvgIpc) is 3.43. The molecule has 0 spiro atoms. The third-order valence-electron chi connectivity index (χ3n) is 5.63. The molecule has 0 unspecified atom stereocenters. The van der Waals surface area contributed by atoms with Gasteiger partial charge in [0.15, 0.2) is 5.96 Å². The molecule has 2 aliphatic rings. The van der Waals surface area contributed by atoms with E-state index < -0.39 is 0 Å². The Morgan fingerprint density at radius 1 is 1.07 bits per heavy atom. The zero-order chi connectivity index (χ0) is 20.1. The Balaban J connectivity index is 0.00000256. The molecule has 1 N–H and O–H groups in total. The first kappa shape index (κ1) is 22.9. The van der Waals surface area contributed by atoms with Crippen molar-refractivity contribution >= 4 is 52.2 Å². The summed E-state index contributed by atoms with van der Waals surface area (Å²) in [6.45, 7) is 6.35. The molecule has 3 heterocycles. The van der Waals surface area contributed by atoms with Gasteiger partial charge in [-0.3, -0.25) is 9.79 Å². The number of thiophene rings is 1. The number of aliphatic imine (C=N–C) groups is 1. The average molecular weight is 539 g/mol. The Bertz CT molecular complexity index is 832. The van der Waals surface area contributed by atoms with Crippen molar-refractivity contribution < 1.29 is 4.79 Å². The summed E-state index contributed by atoms with van der Waals surface area (Å²) in [5, 5.41) is 6.99. The van der Waals surface area contributed by atoms with E-state index in [0.717, 1.165) is 58.2 Å². The molecule has 6 nitrogen and oxygen atoms in total. The van der Waals surface area contributed by atoms with Gasteiger partial charge in [0.1, 0.15) is 0 Å². The van der Waals surface area contributed by atoms with E-state index in [9.17, 15) is 4.79 Å². The topological polar surface area (TPSA) is 51.2 Å². The minimum Gasteiger partial charge on any atom is -0.360 e. The molecule has 1 aromatic carbocycles. The van der Waals surface area contributed by atoms with Gasteiger partial charge in [-0.05, 0) is 35.1 Å². The number of nitrogens with one attached hydrogen (secondary N) is 1. The molecule has 0 bridgehead atoms. The molecule has 8 heteroatoms. The number of benzene rings is 1. The summed E-state index contributed by atoms with van der Waals surface area (Å²) in [6, 6.07) is 12.9. The summed E-state index contributed by atoms with van der Waals surface area (Å²) in [4.78, 5) is 23.0. The number of rotatable bonds is 5. The molecule has 2 saturated heterocycles. The molecule has 4 rings (SSSR count). The molecule has 162 valence electrons. The van der Waals surface area contributed by atoms with E-state index in [1.54, 1.807) is 11.3 Å². The molecule has 0 saturated carbocycles. The van der Waals surface area contributed by atoms with Crippen LogP contribution in [0.2, 0.25) is 0 Å². The summed E-state index contributed by atoms with van der Waals surface area (Å²) in [5.74, 6) is 1.24. The van der Waals surface area contributed by atoms with Crippen molar-refractivity contribution in [1.29, 1.82) is 0 Å². The van der Waals surface area contributed by atoms with Gasteiger partial charge in [-0.15, -0.1) is 35.3 Å². The van der Waals surface area contributed by atoms with E-state index in [1.165, 1.54) is 16.1 Å². The SMILES string of the molecule is CN=C(NCc1ccc(CN2CCCC2=O)cc1)N1CCN(c2cccs2)CC1.I. The van der Waals surface area contributed by atoms with Crippen molar-refractivity contribution in [2.24, 2.45) is 4.99 Å². The van der Waals surface area contributed by atoms with Gasteiger partial charge in [0.2, 0.25) is 5.91 Å². The third-order valence-corrected chi connectivity index (χ3v) is 6.56. The van der Waals surface area contributed by atoms with E-state index in [1.807, 2.05) is 11.9 Å². The minimum atomic E-state index is 0. The van der Waals surface area contributed by atoms with Crippen LogP contribution in [-0.4, -0.2) is 61.4 Å². The van der Waals surface area contributed by atoms with E-state index in [-0.39, 0.29) is 29.9 Å². The van der Waals surface area contributed by atoms with Crippen LogP contribution in [0.4, 0.5) is 5.00 Å². The summed E-state index contributed by atoms with van der Waals surface area (Å²) >= 11 is 1.80. The second-order valence-electron chi connectivity index (χ2n) is 7.56. The van der Waals surface area contributed by atoms with E-state index in [0.29, 0.717) is 6.42 Å². The maximum atomic E-state index is 11.8. The fourth-order valence-electron chi connectivity index (χ4n) is 3.96. The lowest BCUT2D eigenvalue weighted by molar-refractivity contribution is -0.128. The fourth-order valence-corrected chi connectivity index (χ4v) is 4.74. The predicted octanol–water partition coefficient (Wildman–Crippen LogP) is 3.39. The number of carbonyl (C=O) groups is 1. The Hall–Kier alpha value is -1.81. The lowest BCUT2D eigenvalue weighted by atomic mass is 10.1. The molecule has 0 aliphatic carbocycles. The van der Waals surface area contributed by atoms with Crippen molar-refractivity contribution in [3.63, 3.8) is 0 Å². The first-order valence-corrected chi connectivity index (χ1v) is 11.2. The molecule has 30 heavy (non-hydrogen) atoms. The lowest BCUT2D eigenvalue weighted by Crippen LogP contribution is -2.52. The number of piperazine rings is 1. The Morgan fingerprint density at radius 2 is 1.80 bits per heavy atom. The molecular formula is C22H30IN5OS. The van der Waals surface area contributed by atoms with Crippen LogP contribution >= 0.6 is 35.3 Å². The van der Waals surface area contributed by atoms with Crippen LogP contribution in [0.15, 0.2) is 46.8 Å². The van der Waals surface area contributed by atoms with E-state index in [2.05, 4.69) is 61.9 Å². The first-order valence-electron chi connectivity index (χ1n) is 10.3. The number of hydrogen-bond acceptors (Lipinski definition) is 4. The van der Waals surface area contributed by atoms with Gasteiger partial charge in [-0.2, -0.15) is 0 Å². The van der Waals surface area contributed by atoms with Crippen molar-refractivity contribution in [3.05, 3.63) is 52.9 Å². The molecule has 2 aromatic rings. The smallest absolute Gasteiger partial charge is 0.222 e. The standard InChI is InChI=1S/C22H29N5OS.HI/c1-23-22(26-13-11-25(12-14-26)21-5-3-15-29-21)24-16-18-6-8-19(9-7-18)17-27-10-2-4-20(27)28;/h3,5-9,15H,2,4,10-14,16-17H2,1H3,(H,23,24);1H. The second kappa shape index (κ2) is 11.0. The normalized spacial score (nSPS) is 17.3. The summed E-state index contributed by atoms with van der Waals surface area (Å²) < 4.78 is 0. The number of carbonyl (C=O) groups excluding carboxylic acids is 1. The van der Waals surface area contributed by atoms with Gasteiger partial charge in [0, 0.05) is 59.3 Å². The fraction of sp³-hybridized carbons (Fsp3) is 0.455. The molecule has 1 amide bonds. The molecule has 0 radical (unpaired) electrons. The van der Waals surface area contributed by atoms with Crippen molar-refractivity contribution in [3.8, 4) is 0 Å². The molecule has 2 fully saturated rings. The highest BCUT2D eigenvalue weighted by Crippen LogP contribution is 2.22. The largest absolute Gasteiger partial charge is 0.360 e. The summed E-state index contributed by atoms with van der Waals surface area (Å²) in [6.07, 6.45) is 1.68. The zero-order valence-electron chi connectivity index (χ0n) is 17.4. The number of nitrogens with zero attached hydrogens (tertiary/aromatic N) is 4. The molecule has 2 aliphatic heterocycles. The predicted molar refractivity (Wildman–Crippen MR) is 135 cm³/mol. The Morgan fingerprint density at radius 3 is 2.40 bits per heavy atom. The highest BCUT2D eigenvalue weighted by atomic mass is 127. The van der Waals surface area contributed by atoms with Gasteiger partial charge in [-0.1, -0.05) is 24.3 Å². The van der Waals surface area contributed by atoms with E-state index in [4.69, 9.17) is 0 Å². The maximum absolute atomic E-state index is 11.8. The van der Waals surface area contributed by atoms with Crippen LogP contribution in [-0.2, 0) is 17.9 Å². The van der Waals surface area contributed by atoms with E-state index >= 15 is 0 Å². The van der Waals surface area contributed by atoms with Gasteiger partial charge < -0.3 is 20.0 Å². The maximum Gasteiger partial charge on any atom is 0.222 e. The number of hydrogen-bond donors (Lipinski definition) is 1. The highest BCUT2D eigenvalue weighted by Gasteiger charge is 2.21. The van der Waals surface area contributed by atoms with Crippen LogP contribution in [0, 0.1) is 0 Å². The summed E-state index contributed by atoms with van der Waals surface area (Å²) in [7, 11) is 1.85. The zero-order valence-corrected chi connectivity index (χ0v) is 20.6. The number of anilines is 1. The number of guanidine groups is 1. The van der Waals surface area contributed by atoms with Crippen molar-refractivity contribution in [1.82, 2.24) is 15.1 Å². The number of halogens is 1. The Kier molecular flexibility index (Phi) is 8.38. The van der Waals surface area contributed by atoms with Gasteiger partial charge >= 0.3 is 0 Å². The number of likely N-dealkylation sites (tertiary alicyclic amines) is 1. The highest BCUT2D eigenvalue weighted by molar-refractivity contribution is 14.0. The van der Waals surface area contributed by atoms with Gasteiger partial charge in [0.25, 0.3) is 0 Å². The summed E-state index contributed by atoms with van der Waals surface area (Å²) in [5.41, 5.74) is 2.41. The Labute approximate surface area is 200 Å². The first-order chi connectivity index (χ1) is 14.2. The van der Waals surface area contributed by atoms with Crippen molar-refractivity contribution in [2.75, 3.05) is 44.7 Å². The second-order valence-corrected chi connectivity index (χ2v) is 8.49. The van der Waals surface area contributed by atoms with Gasteiger partial charge in [0.05, 0.1) is 5.00 Å². The molecule has 1 aromatic heterocycles. The quantitative estimate of drug-likeness (QED) is 0.360. The molecular weight excluding hydrogens is 509 g/mol. The minimum absolute atomic E-state index is 0.